The molecule has 1 aromatic heterocycles. The fourth-order valence-electron chi connectivity index (χ4n) is 4.30. The van der Waals surface area contributed by atoms with Gasteiger partial charge in [0.15, 0.2) is 0 Å². The van der Waals surface area contributed by atoms with Gasteiger partial charge in [0.25, 0.3) is 0 Å². The number of amides is 1. The molecule has 2 heterocycles. The number of aromatic carboxylic acids is 1. The number of carbonyl (C=O) groups excluding carboxylic acids is 1. The van der Waals surface area contributed by atoms with Crippen molar-refractivity contribution in [2.24, 2.45) is 17.3 Å². The minimum Gasteiger partial charge on any atom is -0.477 e. The number of hydrogen-bond donors (Lipinski definition) is 3. The Kier molecular flexibility index (Phi) is 7.62. The van der Waals surface area contributed by atoms with Crippen LogP contribution in [0.1, 0.15) is 80.8 Å². The van der Waals surface area contributed by atoms with Gasteiger partial charge >= 0.3 is 5.97 Å². The van der Waals surface area contributed by atoms with Crippen molar-refractivity contribution in [1.82, 2.24) is 0 Å². The van der Waals surface area contributed by atoms with Crippen molar-refractivity contribution in [2.75, 3.05) is 11.1 Å². The molecule has 0 saturated heterocycles. The Hall–Kier alpha value is -1.58. The summed E-state index contributed by atoms with van der Waals surface area (Å²) in [5, 5.41) is 9.91. The highest BCUT2D eigenvalue weighted by Crippen LogP contribution is 2.44. The lowest BCUT2D eigenvalue weighted by Gasteiger charge is -2.38. The summed E-state index contributed by atoms with van der Waals surface area (Å²) in [6.07, 6.45) is 4.56. The van der Waals surface area contributed by atoms with Gasteiger partial charge in [0.2, 0.25) is 5.91 Å². The summed E-state index contributed by atoms with van der Waals surface area (Å²) >= 11 is 1.10. The number of rotatable bonds is 4. The molecule has 32 heavy (non-hydrogen) atoms. The maximum Gasteiger partial charge on any atom is 0.348 e. The Labute approximate surface area is 194 Å². The molecule has 1 saturated carbocycles. The van der Waals surface area contributed by atoms with E-state index in [9.17, 15) is 24.5 Å². The molecule has 0 aromatic carbocycles. The molecule has 3 rings (SSSR count). The van der Waals surface area contributed by atoms with Crippen LogP contribution in [0.2, 0.25) is 0 Å². The smallest absolute Gasteiger partial charge is 0.348 e. The zero-order chi connectivity index (χ0) is 23.7. The molecule has 1 aromatic rings. The molecule has 1 unspecified atom stereocenters. The van der Waals surface area contributed by atoms with Gasteiger partial charge in [-0.25, -0.2) is 4.79 Å². The first-order valence-corrected chi connectivity index (χ1v) is 14.0. The Morgan fingerprint density at radius 1 is 1.16 bits per heavy atom. The summed E-state index contributed by atoms with van der Waals surface area (Å²) in [4.78, 5) is 48.3. The van der Waals surface area contributed by atoms with Crippen LogP contribution in [0.25, 0.3) is 0 Å². The van der Waals surface area contributed by atoms with E-state index in [0.717, 1.165) is 37.0 Å². The van der Waals surface area contributed by atoms with E-state index in [1.165, 1.54) is 5.80 Å². The van der Waals surface area contributed by atoms with Crippen LogP contribution in [-0.2, 0) is 4.79 Å². The van der Waals surface area contributed by atoms with E-state index in [1.807, 2.05) is 20.8 Å². The van der Waals surface area contributed by atoms with E-state index in [4.69, 9.17) is 0 Å². The Morgan fingerprint density at radius 3 is 2.34 bits per heavy atom. The Morgan fingerprint density at radius 2 is 1.81 bits per heavy atom. The molecule has 1 atom stereocenters. The van der Waals surface area contributed by atoms with Crippen LogP contribution >= 0.6 is 18.7 Å². The molecule has 2 aliphatic rings. The zero-order valence-corrected chi connectivity index (χ0v) is 21.0. The number of thiophene rings is 1. The molecule has 0 radical (unpaired) electrons. The standard InChI is InChI=1S/C24H34NO5PS/c1-16-5-7-17(8-6-16)22(26)25(18-10-13-31(29,30)14-11-18)20-15-19(9-12-24(2,3)4)32-21(20)23(27)28/h13,15-18,29-30H,5-8,10-11,14H2,1-4H3,(H,27,28). The van der Waals surface area contributed by atoms with Crippen LogP contribution < -0.4 is 4.90 Å². The summed E-state index contributed by atoms with van der Waals surface area (Å²) in [6.45, 7) is 8.17. The summed E-state index contributed by atoms with van der Waals surface area (Å²) in [7, 11) is -3.03. The van der Waals surface area contributed by atoms with Gasteiger partial charge in [-0.2, -0.15) is 0 Å². The molecule has 6 nitrogen and oxygen atoms in total. The first-order chi connectivity index (χ1) is 14.9. The quantitative estimate of drug-likeness (QED) is 0.426. The van der Waals surface area contributed by atoms with Gasteiger partial charge in [-0.15, -0.1) is 11.3 Å². The van der Waals surface area contributed by atoms with E-state index < -0.39 is 13.3 Å². The van der Waals surface area contributed by atoms with Crippen LogP contribution in [0, 0.1) is 29.1 Å². The summed E-state index contributed by atoms with van der Waals surface area (Å²) in [5.41, 5.74) is 0.166. The largest absolute Gasteiger partial charge is 0.477 e. The second-order valence-electron chi connectivity index (χ2n) is 10.2. The van der Waals surface area contributed by atoms with Gasteiger partial charge in [0.1, 0.15) is 12.2 Å². The summed E-state index contributed by atoms with van der Waals surface area (Å²) in [6, 6.07) is 1.44. The highest BCUT2D eigenvalue weighted by Gasteiger charge is 2.37. The lowest BCUT2D eigenvalue weighted by molar-refractivity contribution is -0.124. The number of carbonyl (C=O) groups is 2. The van der Waals surface area contributed by atoms with Crippen molar-refractivity contribution >= 4 is 42.0 Å². The molecule has 1 aliphatic heterocycles. The predicted octanol–water partition coefficient (Wildman–Crippen LogP) is 4.80. The number of anilines is 1. The number of hydrogen-bond acceptors (Lipinski definition) is 5. The minimum absolute atomic E-state index is 0.0485. The summed E-state index contributed by atoms with van der Waals surface area (Å²) < 4.78 is 0. The van der Waals surface area contributed by atoms with Gasteiger partial charge in [-0.1, -0.05) is 18.8 Å². The van der Waals surface area contributed by atoms with Crippen LogP contribution in [-0.4, -0.2) is 44.8 Å². The van der Waals surface area contributed by atoms with Crippen molar-refractivity contribution in [3.8, 4) is 11.8 Å². The summed E-state index contributed by atoms with van der Waals surface area (Å²) in [5.74, 6) is 7.08. The maximum atomic E-state index is 13.7. The van der Waals surface area contributed by atoms with Crippen molar-refractivity contribution in [3.63, 3.8) is 0 Å². The SMILES string of the molecule is CC1CCC(C(=O)N(c2cc(C#CC(C)(C)C)sc2C(=O)O)C2CC=P(O)(O)CC2)CC1. The number of carboxylic acids is 1. The lowest BCUT2D eigenvalue weighted by atomic mass is 9.82. The van der Waals surface area contributed by atoms with Crippen molar-refractivity contribution in [2.45, 2.75) is 72.3 Å². The molecule has 1 amide bonds. The highest BCUT2D eigenvalue weighted by molar-refractivity contribution is 7.64. The molecule has 1 fully saturated rings. The fourth-order valence-corrected chi connectivity index (χ4v) is 6.58. The first-order valence-electron chi connectivity index (χ1n) is 11.3. The second-order valence-corrected chi connectivity index (χ2v) is 13.6. The van der Waals surface area contributed by atoms with Crippen LogP contribution in [0.15, 0.2) is 6.07 Å². The normalized spacial score (nSPS) is 25.2. The van der Waals surface area contributed by atoms with E-state index in [1.54, 1.807) is 11.0 Å². The first kappa shape index (κ1) is 25.1. The van der Waals surface area contributed by atoms with E-state index in [-0.39, 0.29) is 34.3 Å². The molecule has 8 heteroatoms. The maximum absolute atomic E-state index is 13.7. The second kappa shape index (κ2) is 9.73. The molecular weight excluding hydrogens is 445 g/mol. The van der Waals surface area contributed by atoms with Gasteiger partial charge in [0, 0.05) is 23.5 Å². The molecule has 3 N–H and O–H groups in total. The predicted molar refractivity (Wildman–Crippen MR) is 132 cm³/mol. The Bertz CT molecular complexity index is 982. The van der Waals surface area contributed by atoms with Gasteiger partial charge < -0.3 is 19.8 Å². The van der Waals surface area contributed by atoms with Gasteiger partial charge in [-0.05, 0) is 77.1 Å². The Balaban J connectivity index is 2.03. The highest BCUT2D eigenvalue weighted by atomic mass is 32.1. The third-order valence-corrected chi connectivity index (χ3v) is 8.90. The average Bonchev–Trinajstić information content (AvgIpc) is 3.12. The lowest BCUT2D eigenvalue weighted by Crippen LogP contribution is -2.46. The van der Waals surface area contributed by atoms with Gasteiger partial charge in [-0.3, -0.25) is 4.79 Å². The van der Waals surface area contributed by atoms with Gasteiger partial charge in [0.05, 0.1) is 10.6 Å². The van der Waals surface area contributed by atoms with Crippen molar-refractivity contribution in [1.29, 1.82) is 0 Å². The van der Waals surface area contributed by atoms with E-state index in [2.05, 4.69) is 18.8 Å². The topological polar surface area (TPSA) is 98.1 Å². The van der Waals surface area contributed by atoms with Crippen molar-refractivity contribution in [3.05, 3.63) is 15.8 Å². The monoisotopic (exact) mass is 479 g/mol. The third-order valence-electron chi connectivity index (χ3n) is 6.16. The molecule has 1 aliphatic carbocycles. The van der Waals surface area contributed by atoms with Crippen LogP contribution in [0.3, 0.4) is 0 Å². The molecule has 0 spiro atoms. The fraction of sp³-hybridized carbons (Fsp3) is 0.625. The molecule has 0 bridgehead atoms. The molecule has 176 valence electrons. The third kappa shape index (κ3) is 6.26. The van der Waals surface area contributed by atoms with E-state index in [0.29, 0.717) is 29.3 Å². The minimum atomic E-state index is -3.03. The zero-order valence-electron chi connectivity index (χ0n) is 19.3. The number of nitrogens with zero attached hydrogens (tertiary/aromatic N) is 1. The average molecular weight is 480 g/mol. The van der Waals surface area contributed by atoms with Crippen LogP contribution in [0.5, 0.6) is 0 Å². The van der Waals surface area contributed by atoms with E-state index >= 15 is 0 Å². The molecular formula is C24H34NO5PS. The number of carboxylic acid groups (broad SMARTS) is 1. The van der Waals surface area contributed by atoms with Crippen molar-refractivity contribution < 1.29 is 24.5 Å². The van der Waals surface area contributed by atoms with Crippen LogP contribution in [0.4, 0.5) is 5.69 Å².